The third kappa shape index (κ3) is 5.06. The summed E-state index contributed by atoms with van der Waals surface area (Å²) in [5.74, 6) is 1.75. The molecule has 2 fully saturated rings. The molecule has 168 valence electrons. The molecule has 1 aliphatic heterocycles. The van der Waals surface area contributed by atoms with Crippen LogP contribution in [0.4, 0.5) is 0 Å². The van der Waals surface area contributed by atoms with E-state index in [1.807, 2.05) is 0 Å². The van der Waals surface area contributed by atoms with Crippen LogP contribution in [0.3, 0.4) is 0 Å². The van der Waals surface area contributed by atoms with Gasteiger partial charge in [-0.15, -0.1) is 0 Å². The average molecular weight is 424 g/mol. The Labute approximate surface area is 186 Å². The molecule has 4 nitrogen and oxygen atoms in total. The van der Waals surface area contributed by atoms with E-state index in [0.29, 0.717) is 11.5 Å². The van der Waals surface area contributed by atoms with Gasteiger partial charge in [0, 0.05) is 19.6 Å². The highest BCUT2D eigenvalue weighted by Gasteiger charge is 2.33. The fraction of sp³-hybridized carbons (Fsp3) is 0.593. The minimum atomic E-state index is -0.0927. The molecule has 0 radical (unpaired) electrons. The van der Waals surface area contributed by atoms with Crippen molar-refractivity contribution in [3.8, 4) is 5.75 Å². The number of fused-ring (bicyclic) bond motifs is 1. The summed E-state index contributed by atoms with van der Waals surface area (Å²) in [5, 5.41) is 2.46. The standard InChI is InChI=1S/C27H37NO3/c1-5-27(2,3)23-9-12-24(13-10-23)31-25-11-8-20-14-19(6-7-21(20)15-25)16-28-17-22(18-28)26(29)30-4/h6-8,11,14-15,22-24H,5,9-10,12-13,16-18H2,1-4H3/t23-,24-. The summed E-state index contributed by atoms with van der Waals surface area (Å²) in [7, 11) is 1.46. The molecular weight excluding hydrogens is 386 g/mol. The first-order valence-electron chi connectivity index (χ1n) is 11.9. The number of nitrogens with zero attached hydrogens (tertiary/aromatic N) is 1. The van der Waals surface area contributed by atoms with Crippen LogP contribution in [0.5, 0.6) is 5.75 Å². The molecule has 2 aromatic carbocycles. The van der Waals surface area contributed by atoms with E-state index in [9.17, 15) is 4.79 Å². The minimum absolute atomic E-state index is 0.0354. The Bertz CT molecular complexity index is 908. The zero-order valence-electron chi connectivity index (χ0n) is 19.5. The first-order chi connectivity index (χ1) is 14.9. The van der Waals surface area contributed by atoms with E-state index in [0.717, 1.165) is 44.1 Å². The van der Waals surface area contributed by atoms with E-state index >= 15 is 0 Å². The highest BCUT2D eigenvalue weighted by atomic mass is 16.5. The van der Waals surface area contributed by atoms with Crippen LogP contribution in [-0.2, 0) is 16.1 Å². The number of ether oxygens (including phenoxy) is 2. The van der Waals surface area contributed by atoms with Crippen molar-refractivity contribution in [2.45, 2.75) is 65.5 Å². The van der Waals surface area contributed by atoms with Crippen LogP contribution in [0.2, 0.25) is 0 Å². The molecule has 2 aliphatic rings. The van der Waals surface area contributed by atoms with Gasteiger partial charge >= 0.3 is 5.97 Å². The molecule has 0 atom stereocenters. The van der Waals surface area contributed by atoms with Gasteiger partial charge in [-0.3, -0.25) is 9.69 Å². The molecule has 0 bridgehead atoms. The number of methoxy groups -OCH3 is 1. The first-order valence-corrected chi connectivity index (χ1v) is 11.9. The van der Waals surface area contributed by atoms with E-state index in [1.54, 1.807) is 0 Å². The summed E-state index contributed by atoms with van der Waals surface area (Å²) in [5.41, 5.74) is 1.73. The maximum Gasteiger partial charge on any atom is 0.311 e. The number of benzene rings is 2. The van der Waals surface area contributed by atoms with Crippen LogP contribution in [0, 0.1) is 17.3 Å². The van der Waals surface area contributed by atoms with E-state index < -0.39 is 0 Å². The molecule has 1 saturated carbocycles. The molecule has 31 heavy (non-hydrogen) atoms. The SMILES string of the molecule is CCC(C)(C)[C@H]1CC[C@H](Oc2ccc3cc(CN4CC(C(=O)OC)C4)ccc3c2)CC1. The lowest BCUT2D eigenvalue weighted by molar-refractivity contribution is -0.151. The van der Waals surface area contributed by atoms with Crippen LogP contribution >= 0.6 is 0 Å². The van der Waals surface area contributed by atoms with Gasteiger partial charge < -0.3 is 9.47 Å². The Morgan fingerprint density at radius 2 is 1.71 bits per heavy atom. The quantitative estimate of drug-likeness (QED) is 0.526. The Hall–Kier alpha value is -2.07. The third-order valence-electron chi connectivity index (χ3n) is 7.77. The average Bonchev–Trinajstić information content (AvgIpc) is 2.76. The van der Waals surface area contributed by atoms with E-state index in [4.69, 9.17) is 9.47 Å². The predicted molar refractivity (Wildman–Crippen MR) is 125 cm³/mol. The summed E-state index contributed by atoms with van der Waals surface area (Å²) in [6.07, 6.45) is 6.46. The Morgan fingerprint density at radius 1 is 1.03 bits per heavy atom. The minimum Gasteiger partial charge on any atom is -0.490 e. The highest BCUT2D eigenvalue weighted by Crippen LogP contribution is 2.41. The van der Waals surface area contributed by atoms with Gasteiger partial charge in [0.15, 0.2) is 0 Å². The third-order valence-corrected chi connectivity index (χ3v) is 7.77. The van der Waals surface area contributed by atoms with Gasteiger partial charge in [0.2, 0.25) is 0 Å². The number of likely N-dealkylation sites (tertiary alicyclic amines) is 1. The maximum atomic E-state index is 11.6. The Kier molecular flexibility index (Phi) is 6.57. The Balaban J connectivity index is 1.32. The van der Waals surface area contributed by atoms with Crippen LogP contribution in [0.25, 0.3) is 10.8 Å². The molecular formula is C27H37NO3. The lowest BCUT2D eigenvalue weighted by atomic mass is 9.69. The molecule has 1 saturated heterocycles. The lowest BCUT2D eigenvalue weighted by Gasteiger charge is -2.38. The summed E-state index contributed by atoms with van der Waals surface area (Å²) >= 11 is 0. The van der Waals surface area contributed by atoms with Crippen molar-refractivity contribution in [3.05, 3.63) is 42.0 Å². The normalized spacial score (nSPS) is 22.8. The fourth-order valence-electron chi connectivity index (χ4n) is 5.16. The Morgan fingerprint density at radius 3 is 2.39 bits per heavy atom. The monoisotopic (exact) mass is 423 g/mol. The molecule has 0 spiro atoms. The topological polar surface area (TPSA) is 38.8 Å². The molecule has 4 heteroatoms. The van der Waals surface area contributed by atoms with Gasteiger partial charge in [-0.1, -0.05) is 45.4 Å². The molecule has 0 unspecified atom stereocenters. The fourth-order valence-corrected chi connectivity index (χ4v) is 5.16. The molecule has 0 N–H and O–H groups in total. The number of hydrogen-bond acceptors (Lipinski definition) is 4. The van der Waals surface area contributed by atoms with E-state index in [1.165, 1.54) is 42.7 Å². The van der Waals surface area contributed by atoms with Crippen LogP contribution in [-0.4, -0.2) is 37.2 Å². The molecule has 0 aromatic heterocycles. The largest absolute Gasteiger partial charge is 0.490 e. The van der Waals surface area contributed by atoms with Gasteiger partial charge in [-0.25, -0.2) is 0 Å². The van der Waals surface area contributed by atoms with Crippen LogP contribution in [0.15, 0.2) is 36.4 Å². The lowest BCUT2D eigenvalue weighted by Crippen LogP contribution is -2.49. The molecule has 4 rings (SSSR count). The van der Waals surface area contributed by atoms with E-state index in [2.05, 4.69) is 62.1 Å². The van der Waals surface area contributed by atoms with Gasteiger partial charge in [0.1, 0.15) is 5.75 Å². The van der Waals surface area contributed by atoms with Gasteiger partial charge in [0.25, 0.3) is 0 Å². The van der Waals surface area contributed by atoms with Crippen LogP contribution < -0.4 is 4.74 Å². The van der Waals surface area contributed by atoms with Crippen molar-refractivity contribution in [1.29, 1.82) is 0 Å². The molecule has 1 aliphatic carbocycles. The maximum absolute atomic E-state index is 11.6. The first kappa shape index (κ1) is 22.1. The van der Waals surface area contributed by atoms with E-state index in [-0.39, 0.29) is 11.9 Å². The second-order valence-corrected chi connectivity index (χ2v) is 10.2. The van der Waals surface area contributed by atoms with Gasteiger partial charge in [0.05, 0.1) is 19.1 Å². The van der Waals surface area contributed by atoms with Crippen molar-refractivity contribution in [2.24, 2.45) is 17.3 Å². The summed E-state index contributed by atoms with van der Waals surface area (Å²) in [4.78, 5) is 13.8. The van der Waals surface area contributed by atoms with Crippen molar-refractivity contribution in [3.63, 3.8) is 0 Å². The van der Waals surface area contributed by atoms with Crippen LogP contribution in [0.1, 0.15) is 58.4 Å². The second-order valence-electron chi connectivity index (χ2n) is 10.2. The summed E-state index contributed by atoms with van der Waals surface area (Å²) in [6, 6.07) is 13.1. The molecule has 2 aromatic rings. The van der Waals surface area contributed by atoms with Crippen molar-refractivity contribution < 1.29 is 14.3 Å². The number of carbonyl (C=O) groups is 1. The zero-order chi connectivity index (χ0) is 22.0. The smallest absolute Gasteiger partial charge is 0.311 e. The van der Waals surface area contributed by atoms with Crippen molar-refractivity contribution in [1.82, 2.24) is 4.90 Å². The highest BCUT2D eigenvalue weighted by molar-refractivity contribution is 5.84. The summed E-state index contributed by atoms with van der Waals surface area (Å²) in [6.45, 7) is 9.58. The molecule has 1 heterocycles. The number of hydrogen-bond donors (Lipinski definition) is 0. The second kappa shape index (κ2) is 9.20. The van der Waals surface area contributed by atoms with Crippen molar-refractivity contribution >= 4 is 16.7 Å². The number of rotatable bonds is 7. The van der Waals surface area contributed by atoms with Crippen molar-refractivity contribution in [2.75, 3.05) is 20.2 Å². The predicted octanol–water partition coefficient (Wildman–Crippen LogP) is 5.82. The summed E-state index contributed by atoms with van der Waals surface area (Å²) < 4.78 is 11.2. The van der Waals surface area contributed by atoms with Gasteiger partial charge in [-0.2, -0.15) is 0 Å². The number of carbonyl (C=O) groups excluding carboxylic acids is 1. The number of esters is 1. The zero-order valence-corrected chi connectivity index (χ0v) is 19.5. The van der Waals surface area contributed by atoms with Gasteiger partial charge in [-0.05, 0) is 71.6 Å². The molecule has 0 amide bonds.